The van der Waals surface area contributed by atoms with E-state index < -0.39 is 11.5 Å². The molecule has 20 heavy (non-hydrogen) atoms. The van der Waals surface area contributed by atoms with E-state index in [1.165, 1.54) is 13.2 Å². The number of benzene rings is 1. The third-order valence-electron chi connectivity index (χ3n) is 2.07. The minimum Gasteiger partial charge on any atom is -0.493 e. The number of aromatic carboxylic acids is 1. The van der Waals surface area contributed by atoms with Crippen molar-refractivity contribution in [2.75, 3.05) is 19.5 Å². The number of thioether (sulfide) groups is 1. The monoisotopic (exact) mass is 330 g/mol. The second-order valence-corrected chi connectivity index (χ2v) is 5.00. The number of methoxy groups -OCH3 is 1. The molecule has 0 aliphatic heterocycles. The number of carboxylic acids is 1. The Kier molecular flexibility index (Phi) is 5.82. The van der Waals surface area contributed by atoms with Crippen molar-refractivity contribution in [3.63, 3.8) is 0 Å². The van der Waals surface area contributed by atoms with Crippen molar-refractivity contribution in [3.05, 3.63) is 22.7 Å². The zero-order valence-corrected chi connectivity index (χ0v) is 11.7. The molecule has 1 rings (SSSR count). The molecule has 0 aliphatic carbocycles. The van der Waals surface area contributed by atoms with Crippen LogP contribution in [-0.2, 0) is 0 Å². The maximum absolute atomic E-state index is 11.9. The van der Waals surface area contributed by atoms with E-state index in [1.54, 1.807) is 0 Å². The van der Waals surface area contributed by atoms with E-state index in [9.17, 15) is 18.0 Å². The predicted octanol–water partition coefficient (Wildman–Crippen LogP) is 3.68. The Morgan fingerprint density at radius 3 is 2.60 bits per heavy atom. The molecule has 0 aliphatic rings. The summed E-state index contributed by atoms with van der Waals surface area (Å²) >= 11 is 5.61. The largest absolute Gasteiger partial charge is 0.493 e. The van der Waals surface area contributed by atoms with Gasteiger partial charge in [-0.2, -0.15) is 13.2 Å². The molecule has 9 heteroatoms. The molecular weight excluding hydrogens is 321 g/mol. The zero-order chi connectivity index (χ0) is 15.3. The number of carboxylic acid groups (broad SMARTS) is 1. The van der Waals surface area contributed by atoms with Crippen LogP contribution >= 0.6 is 23.4 Å². The van der Waals surface area contributed by atoms with Crippen molar-refractivity contribution in [3.8, 4) is 11.5 Å². The summed E-state index contributed by atoms with van der Waals surface area (Å²) in [5.74, 6) is -1.46. The molecule has 0 amide bonds. The lowest BCUT2D eigenvalue weighted by Crippen LogP contribution is -2.08. The first kappa shape index (κ1) is 16.8. The normalized spacial score (nSPS) is 11.2. The lowest BCUT2D eigenvalue weighted by atomic mass is 10.2. The lowest BCUT2D eigenvalue weighted by molar-refractivity contribution is -0.0329. The third-order valence-corrected chi connectivity index (χ3v) is 3.05. The Hall–Kier alpha value is -1.28. The van der Waals surface area contributed by atoms with Gasteiger partial charge in [0, 0.05) is 5.75 Å². The van der Waals surface area contributed by atoms with Gasteiger partial charge in [-0.25, -0.2) is 4.79 Å². The summed E-state index contributed by atoms with van der Waals surface area (Å²) in [7, 11) is 1.27. The van der Waals surface area contributed by atoms with Gasteiger partial charge in [-0.05, 0) is 23.9 Å². The quantitative estimate of drug-likeness (QED) is 0.806. The van der Waals surface area contributed by atoms with Gasteiger partial charge in [0.2, 0.25) is 0 Å². The van der Waals surface area contributed by atoms with Crippen molar-refractivity contribution < 1.29 is 32.5 Å². The smallest absolute Gasteiger partial charge is 0.441 e. The van der Waals surface area contributed by atoms with Crippen LogP contribution in [0, 0.1) is 0 Å². The highest BCUT2D eigenvalue weighted by molar-refractivity contribution is 8.00. The third kappa shape index (κ3) is 5.01. The average molecular weight is 331 g/mol. The van der Waals surface area contributed by atoms with Gasteiger partial charge in [-0.3, -0.25) is 0 Å². The summed E-state index contributed by atoms with van der Waals surface area (Å²) in [6.45, 7) is -0.243. The van der Waals surface area contributed by atoms with Crippen LogP contribution in [0.3, 0.4) is 0 Å². The molecule has 1 aromatic carbocycles. The fourth-order valence-electron chi connectivity index (χ4n) is 1.28. The molecule has 1 N–H and O–H groups in total. The molecule has 0 bridgehead atoms. The van der Waals surface area contributed by atoms with Crippen LogP contribution in [0.25, 0.3) is 0 Å². The van der Waals surface area contributed by atoms with Gasteiger partial charge in [0.05, 0.1) is 24.3 Å². The predicted molar refractivity (Wildman–Crippen MR) is 69.0 cm³/mol. The second-order valence-electron chi connectivity index (χ2n) is 3.44. The highest BCUT2D eigenvalue weighted by Gasteiger charge is 2.27. The van der Waals surface area contributed by atoms with Crippen LogP contribution in [0.4, 0.5) is 13.2 Å². The summed E-state index contributed by atoms with van der Waals surface area (Å²) < 4.78 is 45.8. The lowest BCUT2D eigenvalue weighted by Gasteiger charge is -2.13. The van der Waals surface area contributed by atoms with Crippen LogP contribution in [0.1, 0.15) is 10.4 Å². The Morgan fingerprint density at radius 2 is 2.10 bits per heavy atom. The van der Waals surface area contributed by atoms with E-state index in [2.05, 4.69) is 0 Å². The van der Waals surface area contributed by atoms with E-state index in [-0.39, 0.29) is 46.2 Å². The Labute approximate surface area is 121 Å². The highest BCUT2D eigenvalue weighted by atomic mass is 35.5. The van der Waals surface area contributed by atoms with Crippen molar-refractivity contribution in [2.45, 2.75) is 5.51 Å². The first-order valence-corrected chi connectivity index (χ1v) is 6.55. The molecule has 0 saturated heterocycles. The maximum atomic E-state index is 11.9. The van der Waals surface area contributed by atoms with Crippen LogP contribution in [-0.4, -0.2) is 36.1 Å². The standard InChI is InChI=1S/C11H10ClF3O4S/c1-18-8-5-6(10(16)17)4-7(12)9(8)19-2-3-20-11(13,14)15/h4-5H,2-3H2,1H3,(H,16,17). The summed E-state index contributed by atoms with van der Waals surface area (Å²) in [6.07, 6.45) is 0. The molecule has 0 spiro atoms. The summed E-state index contributed by atoms with van der Waals surface area (Å²) in [5, 5.41) is 8.80. The number of ether oxygens (including phenoxy) is 2. The van der Waals surface area contributed by atoms with Gasteiger partial charge in [0.15, 0.2) is 11.5 Å². The average Bonchev–Trinajstić information content (AvgIpc) is 2.33. The van der Waals surface area contributed by atoms with Crippen LogP contribution < -0.4 is 9.47 Å². The molecular formula is C11H10ClF3O4S. The number of rotatable bonds is 6. The molecule has 4 nitrogen and oxygen atoms in total. The number of alkyl halides is 3. The summed E-state index contributed by atoms with van der Waals surface area (Å²) in [4.78, 5) is 10.8. The molecule has 0 saturated carbocycles. The number of hydrogen-bond acceptors (Lipinski definition) is 4. The topological polar surface area (TPSA) is 55.8 Å². The minimum absolute atomic E-state index is 0.0157. The van der Waals surface area contributed by atoms with Crippen molar-refractivity contribution in [1.29, 1.82) is 0 Å². The molecule has 0 aromatic heterocycles. The van der Waals surface area contributed by atoms with Crippen molar-refractivity contribution in [2.24, 2.45) is 0 Å². The van der Waals surface area contributed by atoms with Gasteiger partial charge in [0.25, 0.3) is 0 Å². The van der Waals surface area contributed by atoms with Crippen molar-refractivity contribution in [1.82, 2.24) is 0 Å². The first-order valence-electron chi connectivity index (χ1n) is 5.19. The Morgan fingerprint density at radius 1 is 1.45 bits per heavy atom. The first-order chi connectivity index (χ1) is 9.24. The van der Waals surface area contributed by atoms with E-state index in [1.807, 2.05) is 0 Å². The highest BCUT2D eigenvalue weighted by Crippen LogP contribution is 2.37. The van der Waals surface area contributed by atoms with Gasteiger partial charge < -0.3 is 14.6 Å². The zero-order valence-electron chi connectivity index (χ0n) is 10.2. The maximum Gasteiger partial charge on any atom is 0.441 e. The number of hydrogen-bond donors (Lipinski definition) is 1. The summed E-state index contributed by atoms with van der Waals surface area (Å²) in [6, 6.07) is 2.32. The number of carbonyl (C=O) groups is 1. The molecule has 0 fully saturated rings. The number of halogens is 4. The van der Waals surface area contributed by atoms with Crippen LogP contribution in [0.2, 0.25) is 5.02 Å². The molecule has 112 valence electrons. The fourth-order valence-corrected chi connectivity index (χ4v) is 1.95. The second kappa shape index (κ2) is 6.94. The molecule has 1 aromatic rings. The van der Waals surface area contributed by atoms with Crippen molar-refractivity contribution >= 4 is 29.3 Å². The SMILES string of the molecule is COc1cc(C(=O)O)cc(Cl)c1OCCSC(F)(F)F. The molecule has 0 radical (unpaired) electrons. The summed E-state index contributed by atoms with van der Waals surface area (Å²) in [5.41, 5.74) is -4.44. The Bertz CT molecular complexity index is 493. The van der Waals surface area contributed by atoms with E-state index >= 15 is 0 Å². The van der Waals surface area contributed by atoms with E-state index in [0.717, 1.165) is 6.07 Å². The van der Waals surface area contributed by atoms with Gasteiger partial charge in [-0.1, -0.05) is 11.6 Å². The van der Waals surface area contributed by atoms with Gasteiger partial charge in [-0.15, -0.1) is 0 Å². The van der Waals surface area contributed by atoms with E-state index in [4.69, 9.17) is 26.2 Å². The van der Waals surface area contributed by atoms with Gasteiger partial charge in [0.1, 0.15) is 0 Å². The molecule has 0 unspecified atom stereocenters. The molecule has 0 heterocycles. The molecule has 0 atom stereocenters. The van der Waals surface area contributed by atoms with Crippen LogP contribution in [0.15, 0.2) is 12.1 Å². The van der Waals surface area contributed by atoms with E-state index in [0.29, 0.717) is 0 Å². The minimum atomic E-state index is -4.33. The Balaban J connectivity index is 2.77. The fraction of sp³-hybridized carbons (Fsp3) is 0.364. The van der Waals surface area contributed by atoms with Crippen LogP contribution in [0.5, 0.6) is 11.5 Å². The van der Waals surface area contributed by atoms with Gasteiger partial charge >= 0.3 is 11.5 Å².